The molecule has 1 N–H and O–H groups in total. The molecule has 0 atom stereocenters. The van der Waals surface area contributed by atoms with E-state index in [-0.39, 0.29) is 18.3 Å². The second-order valence-electron chi connectivity index (χ2n) is 10.6. The summed E-state index contributed by atoms with van der Waals surface area (Å²) in [5.41, 5.74) is 7.49. The summed E-state index contributed by atoms with van der Waals surface area (Å²) in [7, 11) is 0. The molecule has 2 fully saturated rings. The molecule has 7 nitrogen and oxygen atoms in total. The number of nitrogens with zero attached hydrogens (tertiary/aromatic N) is 5. The molecule has 0 spiro atoms. The number of piperidine rings is 1. The number of hydrogen-bond donors (Lipinski definition) is 1. The van der Waals surface area contributed by atoms with Crippen LogP contribution < -0.4 is 4.90 Å². The third-order valence-electron chi connectivity index (χ3n) is 8.13. The summed E-state index contributed by atoms with van der Waals surface area (Å²) in [4.78, 5) is 30.9. The first-order chi connectivity index (χ1) is 18.5. The molecule has 0 radical (unpaired) electrons. The van der Waals surface area contributed by atoms with Crippen LogP contribution >= 0.6 is 12.4 Å². The Hall–Kier alpha value is -3.89. The Labute approximate surface area is 235 Å². The van der Waals surface area contributed by atoms with Crippen molar-refractivity contribution >= 4 is 35.2 Å². The van der Waals surface area contributed by atoms with Crippen molar-refractivity contribution in [2.75, 3.05) is 31.1 Å². The number of rotatable bonds is 4. The van der Waals surface area contributed by atoms with E-state index >= 15 is 0 Å². The first-order valence-corrected chi connectivity index (χ1v) is 13.5. The fraction of sp³-hybridized carbons (Fsp3) is 0.355. The largest absolute Gasteiger partial charge is 0.357 e. The number of carbonyl (C=O) groups excluding carboxylic acids is 1. The van der Waals surface area contributed by atoms with E-state index in [1.165, 1.54) is 18.4 Å². The third kappa shape index (κ3) is 5.22. The molecular formula is C31H33ClN6O. The number of aromatic nitrogens is 3. The van der Waals surface area contributed by atoms with Crippen molar-refractivity contribution < 1.29 is 4.79 Å². The van der Waals surface area contributed by atoms with Gasteiger partial charge in [0.15, 0.2) is 0 Å². The van der Waals surface area contributed by atoms with Crippen LogP contribution in [-0.2, 0) is 0 Å². The van der Waals surface area contributed by atoms with Crippen LogP contribution in [-0.4, -0.2) is 51.9 Å². The number of H-pyrrole nitrogens is 1. The molecule has 2 aromatic carbocycles. The molecule has 4 aromatic rings. The van der Waals surface area contributed by atoms with E-state index in [1.54, 1.807) is 0 Å². The number of hydrogen-bond acceptors (Lipinski definition) is 5. The summed E-state index contributed by atoms with van der Waals surface area (Å²) in [6, 6.07) is 16.2. The maximum Gasteiger partial charge on any atom is 0.254 e. The normalized spacial score (nSPS) is 15.8. The first kappa shape index (κ1) is 26.7. The van der Waals surface area contributed by atoms with Crippen LogP contribution in [0.15, 0.2) is 48.7 Å². The number of benzene rings is 2. The number of aryl methyl sites for hydroxylation is 2. The van der Waals surface area contributed by atoms with Crippen LogP contribution in [0.5, 0.6) is 0 Å². The highest BCUT2D eigenvalue weighted by atomic mass is 35.5. The molecule has 0 aliphatic carbocycles. The molecule has 0 saturated carbocycles. The van der Waals surface area contributed by atoms with Gasteiger partial charge in [-0.25, -0.2) is 9.97 Å². The van der Waals surface area contributed by atoms with Gasteiger partial charge in [0.25, 0.3) is 5.91 Å². The predicted molar refractivity (Wildman–Crippen MR) is 157 cm³/mol. The van der Waals surface area contributed by atoms with E-state index in [0.717, 1.165) is 84.0 Å². The molecule has 8 heteroatoms. The molecule has 200 valence electrons. The van der Waals surface area contributed by atoms with Crippen LogP contribution in [0.1, 0.15) is 64.2 Å². The quantitative estimate of drug-likeness (QED) is 0.335. The van der Waals surface area contributed by atoms with Crippen molar-refractivity contribution in [1.82, 2.24) is 19.9 Å². The first-order valence-electron chi connectivity index (χ1n) is 13.5. The molecule has 4 heterocycles. The number of anilines is 1. The standard InChI is InChI=1S/C31H32N6O.ClH/c1-20-15-21(2)26(31(38)37-13-9-24(10-14-37)23-7-5-22(18-32)6-8-23)16-25(20)30-34-27-17-29(33-19-28(27)35-30)36-11-3-4-12-36;/h5-8,15-17,19,24H,3-4,9-14H2,1-2H3,(H,34,35);1H. The Balaban J connectivity index is 0.00000308. The fourth-order valence-electron chi connectivity index (χ4n) is 5.90. The monoisotopic (exact) mass is 540 g/mol. The van der Waals surface area contributed by atoms with E-state index in [2.05, 4.69) is 40.0 Å². The topological polar surface area (TPSA) is 88.9 Å². The van der Waals surface area contributed by atoms with Gasteiger partial charge in [0, 0.05) is 43.4 Å². The zero-order chi connectivity index (χ0) is 26.2. The number of amides is 1. The molecular weight excluding hydrogens is 508 g/mol. The van der Waals surface area contributed by atoms with Gasteiger partial charge in [-0.2, -0.15) is 5.26 Å². The van der Waals surface area contributed by atoms with Crippen LogP contribution in [0.3, 0.4) is 0 Å². The van der Waals surface area contributed by atoms with Crippen molar-refractivity contribution in [3.63, 3.8) is 0 Å². The lowest BCUT2D eigenvalue weighted by Gasteiger charge is -2.32. The lowest BCUT2D eigenvalue weighted by Crippen LogP contribution is -2.38. The highest BCUT2D eigenvalue weighted by Crippen LogP contribution is 2.32. The summed E-state index contributed by atoms with van der Waals surface area (Å²) >= 11 is 0. The van der Waals surface area contributed by atoms with Gasteiger partial charge in [-0.1, -0.05) is 18.2 Å². The minimum Gasteiger partial charge on any atom is -0.357 e. The summed E-state index contributed by atoms with van der Waals surface area (Å²) in [6.07, 6.45) is 6.12. The SMILES string of the molecule is Cc1cc(C)c(-c2nc3cc(N4CCCC4)ncc3[nH]2)cc1C(=O)N1CCC(c2ccc(C#N)cc2)CC1.Cl. The van der Waals surface area contributed by atoms with E-state index in [9.17, 15) is 4.79 Å². The van der Waals surface area contributed by atoms with E-state index in [0.29, 0.717) is 11.5 Å². The van der Waals surface area contributed by atoms with Crippen molar-refractivity contribution in [2.45, 2.75) is 45.4 Å². The van der Waals surface area contributed by atoms with Gasteiger partial charge in [0.1, 0.15) is 11.6 Å². The average molecular weight is 541 g/mol. The average Bonchev–Trinajstić information content (AvgIpc) is 3.63. The molecule has 2 aromatic heterocycles. The van der Waals surface area contributed by atoms with E-state index < -0.39 is 0 Å². The van der Waals surface area contributed by atoms with Gasteiger partial charge in [-0.05, 0) is 80.3 Å². The Morgan fingerprint density at radius 1 is 1.00 bits per heavy atom. The lowest BCUT2D eigenvalue weighted by atomic mass is 9.88. The Morgan fingerprint density at radius 2 is 1.72 bits per heavy atom. The summed E-state index contributed by atoms with van der Waals surface area (Å²) in [5, 5.41) is 9.06. The van der Waals surface area contributed by atoms with Gasteiger partial charge in [-0.15, -0.1) is 12.4 Å². The zero-order valence-corrected chi connectivity index (χ0v) is 23.2. The summed E-state index contributed by atoms with van der Waals surface area (Å²) in [5.74, 6) is 2.24. The molecule has 1 amide bonds. The number of aromatic amines is 1. The highest BCUT2D eigenvalue weighted by Gasteiger charge is 2.26. The highest BCUT2D eigenvalue weighted by molar-refractivity contribution is 5.97. The van der Waals surface area contributed by atoms with Gasteiger partial charge >= 0.3 is 0 Å². The van der Waals surface area contributed by atoms with Crippen molar-refractivity contribution in [3.05, 3.63) is 76.5 Å². The second-order valence-corrected chi connectivity index (χ2v) is 10.6. The number of halogens is 1. The van der Waals surface area contributed by atoms with Crippen LogP contribution in [0.2, 0.25) is 0 Å². The Kier molecular flexibility index (Phi) is 7.58. The van der Waals surface area contributed by atoms with Crippen LogP contribution in [0.4, 0.5) is 5.82 Å². The van der Waals surface area contributed by atoms with Gasteiger partial charge < -0.3 is 14.8 Å². The molecule has 6 rings (SSSR count). The second kappa shape index (κ2) is 11.1. The van der Waals surface area contributed by atoms with Gasteiger partial charge in [-0.3, -0.25) is 4.79 Å². The van der Waals surface area contributed by atoms with Crippen molar-refractivity contribution in [3.8, 4) is 17.5 Å². The number of nitrogens with one attached hydrogen (secondary N) is 1. The smallest absolute Gasteiger partial charge is 0.254 e. The van der Waals surface area contributed by atoms with Crippen molar-refractivity contribution in [2.24, 2.45) is 0 Å². The molecule has 2 aliphatic rings. The molecule has 39 heavy (non-hydrogen) atoms. The third-order valence-corrected chi connectivity index (χ3v) is 8.13. The van der Waals surface area contributed by atoms with E-state index in [4.69, 9.17) is 10.2 Å². The van der Waals surface area contributed by atoms with Crippen molar-refractivity contribution in [1.29, 1.82) is 5.26 Å². The molecule has 2 aliphatic heterocycles. The zero-order valence-electron chi connectivity index (χ0n) is 22.4. The van der Waals surface area contributed by atoms with Crippen LogP contribution in [0.25, 0.3) is 22.4 Å². The van der Waals surface area contributed by atoms with Gasteiger partial charge in [0.2, 0.25) is 0 Å². The maximum absolute atomic E-state index is 13.6. The Bertz CT molecular complexity index is 1540. The lowest BCUT2D eigenvalue weighted by molar-refractivity contribution is 0.0712. The molecule has 0 unspecified atom stereocenters. The molecule has 0 bridgehead atoms. The summed E-state index contributed by atoms with van der Waals surface area (Å²) < 4.78 is 0. The van der Waals surface area contributed by atoms with Gasteiger partial charge in [0.05, 0.1) is 28.9 Å². The number of likely N-dealkylation sites (tertiary alicyclic amines) is 1. The number of imidazole rings is 1. The van der Waals surface area contributed by atoms with E-state index in [1.807, 2.05) is 48.4 Å². The number of nitriles is 1. The summed E-state index contributed by atoms with van der Waals surface area (Å²) in [6.45, 7) is 7.62. The Morgan fingerprint density at radius 3 is 2.41 bits per heavy atom. The number of fused-ring (bicyclic) bond motifs is 1. The number of carbonyl (C=O) groups is 1. The maximum atomic E-state index is 13.6. The predicted octanol–water partition coefficient (Wildman–Crippen LogP) is 6.16. The fourth-order valence-corrected chi connectivity index (χ4v) is 5.90. The minimum absolute atomic E-state index is 0. The minimum atomic E-state index is 0. The molecule has 2 saturated heterocycles. The number of pyridine rings is 1. The van der Waals surface area contributed by atoms with Crippen LogP contribution in [0, 0.1) is 25.2 Å².